The van der Waals surface area contributed by atoms with Crippen molar-refractivity contribution in [2.45, 2.75) is 27.2 Å². The summed E-state index contributed by atoms with van der Waals surface area (Å²) in [7, 11) is 0. The molecule has 0 bridgehead atoms. The third-order valence-electron chi connectivity index (χ3n) is 3.07. The van der Waals surface area contributed by atoms with Crippen molar-refractivity contribution < 1.29 is 0 Å². The average molecular weight is 218 g/mol. The molecule has 0 aromatic heterocycles. The molecule has 0 aliphatic carbocycles. The fourth-order valence-corrected chi connectivity index (χ4v) is 2.05. The second kappa shape index (κ2) is 4.36. The Bertz CT molecular complexity index is 352. The van der Waals surface area contributed by atoms with Crippen LogP contribution in [0.25, 0.3) is 0 Å². The molecule has 1 N–H and O–H groups in total. The summed E-state index contributed by atoms with van der Waals surface area (Å²) in [5.41, 5.74) is 3.06. The van der Waals surface area contributed by atoms with Crippen molar-refractivity contribution in [3.05, 3.63) is 24.3 Å². The molecular weight excluding hydrogens is 196 g/mol. The van der Waals surface area contributed by atoms with Gasteiger partial charge in [-0.05, 0) is 24.0 Å². The Labute approximate surface area is 98.7 Å². The highest BCUT2D eigenvalue weighted by atomic mass is 15.2. The molecule has 0 saturated carbocycles. The van der Waals surface area contributed by atoms with Gasteiger partial charge < -0.3 is 10.2 Å². The van der Waals surface area contributed by atoms with Gasteiger partial charge in [0.05, 0.1) is 11.4 Å². The van der Waals surface area contributed by atoms with Crippen LogP contribution in [0.4, 0.5) is 11.4 Å². The summed E-state index contributed by atoms with van der Waals surface area (Å²) in [6.07, 6.45) is 1.24. The first-order chi connectivity index (χ1) is 7.56. The number of anilines is 2. The number of hydrogen-bond donors (Lipinski definition) is 1. The van der Waals surface area contributed by atoms with E-state index in [1.165, 1.54) is 17.8 Å². The summed E-state index contributed by atoms with van der Waals surface area (Å²) < 4.78 is 0. The van der Waals surface area contributed by atoms with Gasteiger partial charge >= 0.3 is 0 Å². The predicted octanol–water partition coefficient (Wildman–Crippen LogP) is 3.35. The average Bonchev–Trinajstić information content (AvgIpc) is 2.25. The van der Waals surface area contributed by atoms with Crippen LogP contribution in [-0.2, 0) is 0 Å². The monoisotopic (exact) mass is 218 g/mol. The molecule has 0 amide bonds. The van der Waals surface area contributed by atoms with Crippen molar-refractivity contribution in [3.63, 3.8) is 0 Å². The van der Waals surface area contributed by atoms with Gasteiger partial charge in [-0.25, -0.2) is 0 Å². The van der Waals surface area contributed by atoms with Crippen molar-refractivity contribution in [2.24, 2.45) is 5.41 Å². The van der Waals surface area contributed by atoms with E-state index < -0.39 is 0 Å². The Hall–Kier alpha value is -1.18. The molecule has 0 unspecified atom stereocenters. The SMILES string of the molecule is CC(C)(C)CCN1CCNc2ccccc21. The van der Waals surface area contributed by atoms with Crippen molar-refractivity contribution in [3.8, 4) is 0 Å². The number of benzene rings is 1. The molecule has 2 heteroatoms. The Balaban J connectivity index is 2.07. The number of nitrogens with zero attached hydrogens (tertiary/aromatic N) is 1. The summed E-state index contributed by atoms with van der Waals surface area (Å²) in [6, 6.07) is 8.59. The molecule has 2 nitrogen and oxygen atoms in total. The minimum absolute atomic E-state index is 0.416. The fourth-order valence-electron chi connectivity index (χ4n) is 2.05. The lowest BCUT2D eigenvalue weighted by Gasteiger charge is -2.34. The highest BCUT2D eigenvalue weighted by Gasteiger charge is 2.18. The van der Waals surface area contributed by atoms with E-state index in [2.05, 4.69) is 55.3 Å². The smallest absolute Gasteiger partial charge is 0.0602 e. The third-order valence-corrected chi connectivity index (χ3v) is 3.07. The normalized spacial score (nSPS) is 15.6. The molecule has 2 rings (SSSR count). The van der Waals surface area contributed by atoms with Crippen LogP contribution in [0, 0.1) is 5.41 Å². The van der Waals surface area contributed by atoms with Crippen LogP contribution < -0.4 is 10.2 Å². The molecule has 1 aliphatic heterocycles. The second-order valence-electron chi connectivity index (χ2n) is 5.74. The molecule has 1 aromatic rings. The summed E-state index contributed by atoms with van der Waals surface area (Å²) in [5, 5.41) is 3.45. The zero-order chi connectivity index (χ0) is 11.6. The number of rotatable bonds is 2. The molecule has 16 heavy (non-hydrogen) atoms. The Morgan fingerprint density at radius 2 is 2.00 bits per heavy atom. The molecule has 0 atom stereocenters. The van der Waals surface area contributed by atoms with E-state index in [1.807, 2.05) is 0 Å². The van der Waals surface area contributed by atoms with Gasteiger partial charge in [0.25, 0.3) is 0 Å². The molecule has 1 heterocycles. The van der Waals surface area contributed by atoms with Crippen LogP contribution in [0.3, 0.4) is 0 Å². The van der Waals surface area contributed by atoms with Crippen molar-refractivity contribution in [2.75, 3.05) is 29.9 Å². The van der Waals surface area contributed by atoms with Gasteiger partial charge in [0.1, 0.15) is 0 Å². The molecule has 0 saturated heterocycles. The van der Waals surface area contributed by atoms with Crippen LogP contribution in [0.5, 0.6) is 0 Å². The number of para-hydroxylation sites is 2. The van der Waals surface area contributed by atoms with E-state index in [4.69, 9.17) is 0 Å². The Morgan fingerprint density at radius 1 is 1.25 bits per heavy atom. The van der Waals surface area contributed by atoms with E-state index in [-0.39, 0.29) is 0 Å². The molecule has 1 aromatic carbocycles. The third kappa shape index (κ3) is 2.69. The largest absolute Gasteiger partial charge is 0.382 e. The van der Waals surface area contributed by atoms with Gasteiger partial charge in [0.2, 0.25) is 0 Å². The fraction of sp³-hybridized carbons (Fsp3) is 0.571. The topological polar surface area (TPSA) is 15.3 Å². The van der Waals surface area contributed by atoms with Crippen molar-refractivity contribution >= 4 is 11.4 Å². The summed E-state index contributed by atoms with van der Waals surface area (Å²) >= 11 is 0. The van der Waals surface area contributed by atoms with E-state index in [9.17, 15) is 0 Å². The zero-order valence-corrected chi connectivity index (χ0v) is 10.6. The van der Waals surface area contributed by atoms with Crippen LogP contribution in [0.2, 0.25) is 0 Å². The molecule has 88 valence electrons. The molecular formula is C14H22N2. The molecule has 0 radical (unpaired) electrons. The highest BCUT2D eigenvalue weighted by Crippen LogP contribution is 2.29. The summed E-state index contributed by atoms with van der Waals surface area (Å²) in [5.74, 6) is 0. The lowest BCUT2D eigenvalue weighted by molar-refractivity contribution is 0.379. The summed E-state index contributed by atoms with van der Waals surface area (Å²) in [6.45, 7) is 10.2. The van der Waals surface area contributed by atoms with E-state index >= 15 is 0 Å². The number of nitrogens with one attached hydrogen (secondary N) is 1. The highest BCUT2D eigenvalue weighted by molar-refractivity contribution is 5.71. The van der Waals surface area contributed by atoms with Crippen LogP contribution in [-0.4, -0.2) is 19.6 Å². The molecule has 1 aliphatic rings. The first-order valence-corrected chi connectivity index (χ1v) is 6.14. The zero-order valence-electron chi connectivity index (χ0n) is 10.6. The van der Waals surface area contributed by atoms with Crippen LogP contribution in [0.15, 0.2) is 24.3 Å². The van der Waals surface area contributed by atoms with Gasteiger partial charge in [-0.3, -0.25) is 0 Å². The van der Waals surface area contributed by atoms with Gasteiger partial charge in [0, 0.05) is 19.6 Å². The maximum Gasteiger partial charge on any atom is 0.0602 e. The van der Waals surface area contributed by atoms with Gasteiger partial charge in [-0.1, -0.05) is 32.9 Å². The second-order valence-corrected chi connectivity index (χ2v) is 5.74. The Kier molecular flexibility index (Phi) is 3.08. The molecule has 0 spiro atoms. The quantitative estimate of drug-likeness (QED) is 0.819. The minimum atomic E-state index is 0.416. The van der Waals surface area contributed by atoms with Crippen LogP contribution >= 0.6 is 0 Å². The standard InChI is InChI=1S/C14H22N2/c1-14(2,3)8-10-16-11-9-15-12-6-4-5-7-13(12)16/h4-7,15H,8-11H2,1-3H3. The van der Waals surface area contributed by atoms with E-state index in [0.29, 0.717) is 5.41 Å². The summed E-state index contributed by atoms with van der Waals surface area (Å²) in [4.78, 5) is 2.50. The first-order valence-electron chi connectivity index (χ1n) is 6.14. The minimum Gasteiger partial charge on any atom is -0.382 e. The van der Waals surface area contributed by atoms with Crippen molar-refractivity contribution in [1.82, 2.24) is 0 Å². The Morgan fingerprint density at radius 3 is 2.75 bits per heavy atom. The predicted molar refractivity (Wildman–Crippen MR) is 71.2 cm³/mol. The van der Waals surface area contributed by atoms with E-state index in [1.54, 1.807) is 0 Å². The van der Waals surface area contributed by atoms with Gasteiger partial charge in [-0.2, -0.15) is 0 Å². The van der Waals surface area contributed by atoms with Crippen molar-refractivity contribution in [1.29, 1.82) is 0 Å². The van der Waals surface area contributed by atoms with Gasteiger partial charge in [-0.15, -0.1) is 0 Å². The maximum atomic E-state index is 3.45. The number of fused-ring (bicyclic) bond motifs is 1. The van der Waals surface area contributed by atoms with E-state index in [0.717, 1.165) is 19.6 Å². The number of hydrogen-bond acceptors (Lipinski definition) is 2. The first kappa shape index (κ1) is 11.3. The lowest BCUT2D eigenvalue weighted by Crippen LogP contribution is -2.35. The molecule has 0 fully saturated rings. The van der Waals surface area contributed by atoms with Gasteiger partial charge in [0.15, 0.2) is 0 Å². The lowest BCUT2D eigenvalue weighted by atomic mass is 9.92. The maximum absolute atomic E-state index is 3.45. The van der Waals surface area contributed by atoms with Crippen LogP contribution in [0.1, 0.15) is 27.2 Å².